The SMILES string of the molecule is O=Nc1c(-c2ccccc2)[nH]c2ccc(F)cc12. The van der Waals surface area contributed by atoms with E-state index >= 15 is 0 Å². The van der Waals surface area contributed by atoms with Crippen molar-refractivity contribution in [3.8, 4) is 11.3 Å². The summed E-state index contributed by atoms with van der Waals surface area (Å²) in [4.78, 5) is 14.1. The van der Waals surface area contributed by atoms with Crippen LogP contribution in [-0.4, -0.2) is 4.98 Å². The Morgan fingerprint density at radius 2 is 1.83 bits per heavy atom. The lowest BCUT2D eigenvalue weighted by Gasteiger charge is -1.97. The van der Waals surface area contributed by atoms with E-state index in [2.05, 4.69) is 10.2 Å². The largest absolute Gasteiger partial charge is 0.353 e. The topological polar surface area (TPSA) is 45.2 Å². The van der Waals surface area contributed by atoms with Gasteiger partial charge in [-0.2, -0.15) is 0 Å². The molecule has 1 aromatic heterocycles. The van der Waals surface area contributed by atoms with Crippen molar-refractivity contribution >= 4 is 16.6 Å². The molecule has 1 heterocycles. The van der Waals surface area contributed by atoms with Crippen LogP contribution in [0.3, 0.4) is 0 Å². The number of nitroso groups, excluding NO2 is 1. The molecule has 0 aliphatic carbocycles. The Morgan fingerprint density at radius 3 is 2.56 bits per heavy atom. The van der Waals surface area contributed by atoms with Crippen LogP contribution in [0.15, 0.2) is 53.7 Å². The van der Waals surface area contributed by atoms with Crippen molar-refractivity contribution in [1.82, 2.24) is 4.98 Å². The normalized spacial score (nSPS) is 10.7. The molecule has 0 saturated heterocycles. The summed E-state index contributed by atoms with van der Waals surface area (Å²) < 4.78 is 13.2. The number of fused-ring (bicyclic) bond motifs is 1. The molecule has 3 rings (SSSR count). The molecule has 0 unspecified atom stereocenters. The molecule has 0 saturated carbocycles. The van der Waals surface area contributed by atoms with Crippen LogP contribution in [-0.2, 0) is 0 Å². The monoisotopic (exact) mass is 240 g/mol. The fourth-order valence-electron chi connectivity index (χ4n) is 2.06. The summed E-state index contributed by atoms with van der Waals surface area (Å²) in [5.74, 6) is -0.383. The highest BCUT2D eigenvalue weighted by atomic mass is 19.1. The van der Waals surface area contributed by atoms with E-state index in [1.54, 1.807) is 6.07 Å². The van der Waals surface area contributed by atoms with Crippen molar-refractivity contribution in [3.63, 3.8) is 0 Å². The number of rotatable bonds is 2. The van der Waals surface area contributed by atoms with E-state index < -0.39 is 0 Å². The number of H-pyrrole nitrogens is 1. The first-order chi connectivity index (χ1) is 8.79. The molecule has 4 heteroatoms. The lowest BCUT2D eigenvalue weighted by Crippen LogP contribution is -1.75. The number of nitrogens with zero attached hydrogens (tertiary/aromatic N) is 1. The number of aromatic nitrogens is 1. The van der Waals surface area contributed by atoms with Gasteiger partial charge in [-0.1, -0.05) is 30.3 Å². The van der Waals surface area contributed by atoms with Gasteiger partial charge in [-0.15, -0.1) is 4.91 Å². The highest BCUT2D eigenvalue weighted by Crippen LogP contribution is 2.37. The molecule has 0 aliphatic rings. The summed E-state index contributed by atoms with van der Waals surface area (Å²) in [5.41, 5.74) is 2.41. The summed E-state index contributed by atoms with van der Waals surface area (Å²) in [7, 11) is 0. The maximum Gasteiger partial charge on any atom is 0.141 e. The van der Waals surface area contributed by atoms with Gasteiger partial charge in [0, 0.05) is 16.5 Å². The van der Waals surface area contributed by atoms with Gasteiger partial charge in [0.05, 0.1) is 5.69 Å². The zero-order chi connectivity index (χ0) is 12.5. The molecule has 0 atom stereocenters. The van der Waals surface area contributed by atoms with E-state index in [-0.39, 0.29) is 11.5 Å². The Morgan fingerprint density at radius 1 is 1.06 bits per heavy atom. The second-order valence-corrected chi connectivity index (χ2v) is 4.00. The lowest BCUT2D eigenvalue weighted by atomic mass is 10.1. The van der Waals surface area contributed by atoms with E-state index in [0.29, 0.717) is 16.6 Å². The van der Waals surface area contributed by atoms with Gasteiger partial charge in [-0.05, 0) is 23.4 Å². The molecule has 3 nitrogen and oxygen atoms in total. The average Bonchev–Trinajstić information content (AvgIpc) is 2.77. The van der Waals surface area contributed by atoms with Gasteiger partial charge >= 0.3 is 0 Å². The minimum absolute atomic E-state index is 0.246. The van der Waals surface area contributed by atoms with E-state index in [4.69, 9.17) is 0 Å². The maximum absolute atomic E-state index is 13.2. The number of aromatic amines is 1. The van der Waals surface area contributed by atoms with Gasteiger partial charge in [0.15, 0.2) is 0 Å². The number of nitrogens with one attached hydrogen (secondary N) is 1. The summed E-state index contributed by atoms with van der Waals surface area (Å²) in [5, 5.41) is 3.53. The van der Waals surface area contributed by atoms with Crippen molar-refractivity contribution in [2.45, 2.75) is 0 Å². The van der Waals surface area contributed by atoms with Crippen LogP contribution in [0.2, 0.25) is 0 Å². The smallest absolute Gasteiger partial charge is 0.141 e. The van der Waals surface area contributed by atoms with Gasteiger partial charge in [-0.25, -0.2) is 4.39 Å². The summed E-state index contributed by atoms with van der Waals surface area (Å²) in [6.45, 7) is 0. The van der Waals surface area contributed by atoms with Crippen LogP contribution in [0, 0.1) is 10.7 Å². The molecule has 0 spiro atoms. The van der Waals surface area contributed by atoms with Crippen molar-refractivity contribution in [2.24, 2.45) is 5.18 Å². The molecule has 2 aromatic carbocycles. The number of benzene rings is 2. The van der Waals surface area contributed by atoms with E-state index in [9.17, 15) is 9.30 Å². The van der Waals surface area contributed by atoms with Crippen molar-refractivity contribution in [2.75, 3.05) is 0 Å². The van der Waals surface area contributed by atoms with Crippen LogP contribution < -0.4 is 0 Å². The fourth-order valence-corrected chi connectivity index (χ4v) is 2.06. The predicted octanol–water partition coefficient (Wildman–Crippen LogP) is 4.37. The van der Waals surface area contributed by atoms with Crippen LogP contribution >= 0.6 is 0 Å². The molecule has 0 radical (unpaired) electrons. The molecule has 18 heavy (non-hydrogen) atoms. The Hall–Kier alpha value is -2.49. The van der Waals surface area contributed by atoms with E-state index in [0.717, 1.165) is 5.56 Å². The molecular formula is C14H9FN2O. The minimum Gasteiger partial charge on any atom is -0.353 e. The van der Waals surface area contributed by atoms with Gasteiger partial charge in [0.25, 0.3) is 0 Å². The van der Waals surface area contributed by atoms with Crippen LogP contribution in [0.25, 0.3) is 22.2 Å². The van der Waals surface area contributed by atoms with Crippen LogP contribution in [0.1, 0.15) is 0 Å². The number of halogens is 1. The Bertz CT molecular complexity index is 719. The zero-order valence-corrected chi connectivity index (χ0v) is 9.35. The standard InChI is InChI=1S/C14H9FN2O/c15-10-6-7-12-11(8-10)14(17-18)13(16-12)9-4-2-1-3-5-9/h1-8,16H. The second-order valence-electron chi connectivity index (χ2n) is 4.00. The van der Waals surface area contributed by atoms with E-state index in [1.807, 2.05) is 30.3 Å². The predicted molar refractivity (Wildman–Crippen MR) is 69.1 cm³/mol. The van der Waals surface area contributed by atoms with Gasteiger partial charge in [-0.3, -0.25) is 0 Å². The molecule has 1 N–H and O–H groups in total. The van der Waals surface area contributed by atoms with Crippen molar-refractivity contribution in [1.29, 1.82) is 0 Å². The Balaban J connectivity index is 2.33. The average molecular weight is 240 g/mol. The zero-order valence-electron chi connectivity index (χ0n) is 9.35. The molecule has 3 aromatic rings. The first kappa shape index (κ1) is 10.7. The molecule has 88 valence electrons. The molecule has 0 amide bonds. The first-order valence-electron chi connectivity index (χ1n) is 5.49. The van der Waals surface area contributed by atoms with Gasteiger partial charge in [0.2, 0.25) is 0 Å². The molecule has 0 fully saturated rings. The number of hydrogen-bond acceptors (Lipinski definition) is 2. The number of hydrogen-bond donors (Lipinski definition) is 1. The molecule has 0 aliphatic heterocycles. The second kappa shape index (κ2) is 4.07. The highest BCUT2D eigenvalue weighted by Gasteiger charge is 2.14. The molecule has 0 bridgehead atoms. The summed E-state index contributed by atoms with van der Waals surface area (Å²) in [6.07, 6.45) is 0. The van der Waals surface area contributed by atoms with Gasteiger partial charge < -0.3 is 4.98 Å². The van der Waals surface area contributed by atoms with Crippen molar-refractivity contribution < 1.29 is 4.39 Å². The third-order valence-electron chi connectivity index (χ3n) is 2.89. The third-order valence-corrected chi connectivity index (χ3v) is 2.89. The maximum atomic E-state index is 13.2. The third kappa shape index (κ3) is 1.59. The fraction of sp³-hybridized carbons (Fsp3) is 0. The van der Waals surface area contributed by atoms with Gasteiger partial charge in [0.1, 0.15) is 11.5 Å². The first-order valence-corrected chi connectivity index (χ1v) is 5.49. The Kier molecular flexibility index (Phi) is 2.41. The quantitative estimate of drug-likeness (QED) is 0.664. The Labute approximate surface area is 102 Å². The van der Waals surface area contributed by atoms with E-state index in [1.165, 1.54) is 12.1 Å². The lowest BCUT2D eigenvalue weighted by molar-refractivity contribution is 0.630. The summed E-state index contributed by atoms with van der Waals surface area (Å²) >= 11 is 0. The van der Waals surface area contributed by atoms with Crippen LogP contribution in [0.5, 0.6) is 0 Å². The van der Waals surface area contributed by atoms with Crippen molar-refractivity contribution in [3.05, 3.63) is 59.3 Å². The summed E-state index contributed by atoms with van der Waals surface area (Å²) in [6, 6.07) is 13.6. The highest BCUT2D eigenvalue weighted by molar-refractivity contribution is 5.99. The molecular weight excluding hydrogens is 231 g/mol. The van der Waals surface area contributed by atoms with Crippen LogP contribution in [0.4, 0.5) is 10.1 Å². The minimum atomic E-state index is -0.383.